The van der Waals surface area contributed by atoms with Crippen LogP contribution in [0, 0.1) is 6.92 Å². The van der Waals surface area contributed by atoms with Crippen LogP contribution in [0.1, 0.15) is 11.1 Å². The normalized spacial score (nSPS) is 10.6. The third-order valence-electron chi connectivity index (χ3n) is 2.23. The molecule has 0 saturated heterocycles. The van der Waals surface area contributed by atoms with Crippen LogP contribution < -0.4 is 5.32 Å². The van der Waals surface area contributed by atoms with E-state index in [0.29, 0.717) is 16.9 Å². The van der Waals surface area contributed by atoms with E-state index >= 15 is 0 Å². The Bertz CT molecular complexity index is 519. The van der Waals surface area contributed by atoms with Crippen molar-refractivity contribution in [3.05, 3.63) is 42.7 Å². The van der Waals surface area contributed by atoms with Crippen molar-refractivity contribution < 1.29 is 0 Å². The molecule has 0 aliphatic heterocycles. The fraction of sp³-hybridized carbons (Fsp3) is 0.182. The molecule has 2 aromatic rings. The van der Waals surface area contributed by atoms with Gasteiger partial charge in [-0.1, -0.05) is 23.2 Å². The van der Waals surface area contributed by atoms with Crippen LogP contribution >= 0.6 is 50.5 Å². The van der Waals surface area contributed by atoms with Crippen molar-refractivity contribution in [2.45, 2.75) is 13.5 Å². The fourth-order valence-electron chi connectivity index (χ4n) is 1.44. The summed E-state index contributed by atoms with van der Waals surface area (Å²) in [5.41, 5.74) is 3.02. The van der Waals surface area contributed by atoms with Gasteiger partial charge in [-0.3, -0.25) is 0 Å². The van der Waals surface area contributed by atoms with E-state index in [1.807, 2.05) is 6.92 Å². The number of halogens is 3. The van der Waals surface area contributed by atoms with Gasteiger partial charge in [0.15, 0.2) is 5.15 Å². The predicted molar refractivity (Wildman–Crippen MR) is 78.3 cm³/mol. The smallest absolute Gasteiger partial charge is 0.154 e. The van der Waals surface area contributed by atoms with Gasteiger partial charge in [0.05, 0.1) is 9.47 Å². The molecule has 0 amide bonds. The number of aryl methyl sites for hydroxylation is 1. The first-order valence-corrected chi connectivity index (χ1v) is 7.28. The molecule has 0 bridgehead atoms. The molecular formula is C11H9BrCl2N2S. The van der Waals surface area contributed by atoms with E-state index in [1.54, 1.807) is 17.4 Å². The number of nitrogens with zero attached hydrogens (tertiary/aromatic N) is 1. The van der Waals surface area contributed by atoms with Crippen LogP contribution in [0.25, 0.3) is 0 Å². The van der Waals surface area contributed by atoms with Crippen LogP contribution in [-0.2, 0) is 6.54 Å². The Balaban J connectivity index is 2.14. The lowest BCUT2D eigenvalue weighted by atomic mass is 10.2. The second kappa shape index (κ2) is 5.57. The molecule has 2 heterocycles. The number of anilines is 1. The number of hydrogen-bond acceptors (Lipinski definition) is 3. The SMILES string of the molecule is Cc1cc(Cl)nc(Cl)c1NCc1csc(Br)c1. The molecule has 2 nitrogen and oxygen atoms in total. The predicted octanol–water partition coefficient (Wildman–Crippen LogP) is 5.13. The standard InChI is InChI=1S/C11H9BrCl2N2S/c1-6-2-9(13)16-11(14)10(6)15-4-7-3-8(12)17-5-7/h2-3,5,15H,4H2,1H3. The molecule has 1 N–H and O–H groups in total. The summed E-state index contributed by atoms with van der Waals surface area (Å²) in [6, 6.07) is 3.86. The van der Waals surface area contributed by atoms with Gasteiger partial charge in [-0.05, 0) is 51.5 Å². The van der Waals surface area contributed by atoms with Crippen molar-refractivity contribution in [1.29, 1.82) is 0 Å². The Kier molecular flexibility index (Phi) is 4.31. The summed E-state index contributed by atoms with van der Waals surface area (Å²) in [6.07, 6.45) is 0. The number of rotatable bonds is 3. The molecule has 0 aliphatic rings. The van der Waals surface area contributed by atoms with Crippen molar-refractivity contribution in [2.24, 2.45) is 0 Å². The molecule has 2 aromatic heterocycles. The second-order valence-electron chi connectivity index (χ2n) is 3.54. The van der Waals surface area contributed by atoms with E-state index in [9.17, 15) is 0 Å². The third kappa shape index (κ3) is 3.35. The van der Waals surface area contributed by atoms with E-state index < -0.39 is 0 Å². The Hall–Kier alpha value is -0.290. The lowest BCUT2D eigenvalue weighted by molar-refractivity contribution is 1.13. The van der Waals surface area contributed by atoms with Gasteiger partial charge in [0, 0.05) is 6.54 Å². The Morgan fingerprint density at radius 3 is 2.76 bits per heavy atom. The summed E-state index contributed by atoms with van der Waals surface area (Å²) in [5.74, 6) is 0. The van der Waals surface area contributed by atoms with Gasteiger partial charge >= 0.3 is 0 Å². The zero-order valence-corrected chi connectivity index (χ0v) is 12.8. The van der Waals surface area contributed by atoms with Gasteiger partial charge in [-0.15, -0.1) is 11.3 Å². The first-order chi connectivity index (χ1) is 8.06. The Labute approximate surface area is 122 Å². The lowest BCUT2D eigenvalue weighted by Crippen LogP contribution is -2.02. The molecule has 2 rings (SSSR count). The van der Waals surface area contributed by atoms with Crippen molar-refractivity contribution in [3.8, 4) is 0 Å². The van der Waals surface area contributed by atoms with Crippen LogP contribution in [0.2, 0.25) is 10.3 Å². The fourth-order valence-corrected chi connectivity index (χ4v) is 3.24. The summed E-state index contributed by atoms with van der Waals surface area (Å²) in [5, 5.41) is 6.18. The van der Waals surface area contributed by atoms with Gasteiger partial charge in [0.25, 0.3) is 0 Å². The largest absolute Gasteiger partial charge is 0.378 e. The maximum absolute atomic E-state index is 6.04. The van der Waals surface area contributed by atoms with E-state index in [-0.39, 0.29) is 0 Å². The maximum atomic E-state index is 6.04. The number of hydrogen-bond donors (Lipinski definition) is 1. The summed E-state index contributed by atoms with van der Waals surface area (Å²) >= 11 is 16.9. The van der Waals surface area contributed by atoms with Crippen molar-refractivity contribution in [1.82, 2.24) is 4.98 Å². The molecule has 6 heteroatoms. The Morgan fingerprint density at radius 1 is 1.41 bits per heavy atom. The number of aromatic nitrogens is 1. The molecule has 0 radical (unpaired) electrons. The molecule has 0 saturated carbocycles. The molecule has 0 unspecified atom stereocenters. The minimum Gasteiger partial charge on any atom is -0.378 e. The lowest BCUT2D eigenvalue weighted by Gasteiger charge is -2.10. The molecule has 0 fully saturated rings. The Morgan fingerprint density at radius 2 is 2.18 bits per heavy atom. The first-order valence-electron chi connectivity index (χ1n) is 4.85. The monoisotopic (exact) mass is 350 g/mol. The average molecular weight is 352 g/mol. The van der Waals surface area contributed by atoms with E-state index in [1.165, 1.54) is 5.56 Å². The first kappa shape index (κ1) is 13.1. The van der Waals surface area contributed by atoms with Gasteiger partial charge < -0.3 is 5.32 Å². The molecule has 0 aromatic carbocycles. The third-order valence-corrected chi connectivity index (χ3v) is 4.25. The summed E-state index contributed by atoms with van der Waals surface area (Å²) in [6.45, 7) is 2.66. The zero-order chi connectivity index (χ0) is 12.4. The highest BCUT2D eigenvalue weighted by Crippen LogP contribution is 2.28. The highest BCUT2D eigenvalue weighted by Gasteiger charge is 2.07. The molecule has 0 aliphatic carbocycles. The average Bonchev–Trinajstić information content (AvgIpc) is 2.62. The molecule has 0 atom stereocenters. The van der Waals surface area contributed by atoms with Gasteiger partial charge in [0.1, 0.15) is 5.15 Å². The summed E-state index contributed by atoms with van der Waals surface area (Å²) < 4.78 is 1.12. The quantitative estimate of drug-likeness (QED) is 0.775. The molecule has 0 spiro atoms. The molecule has 90 valence electrons. The number of pyridine rings is 1. The minimum absolute atomic E-state index is 0.407. The van der Waals surface area contributed by atoms with E-state index in [2.05, 4.69) is 37.7 Å². The van der Waals surface area contributed by atoms with Crippen molar-refractivity contribution in [3.63, 3.8) is 0 Å². The molecular weight excluding hydrogens is 343 g/mol. The highest BCUT2D eigenvalue weighted by molar-refractivity contribution is 9.11. The topological polar surface area (TPSA) is 24.9 Å². The number of thiophene rings is 1. The van der Waals surface area contributed by atoms with Crippen LogP contribution in [-0.4, -0.2) is 4.98 Å². The van der Waals surface area contributed by atoms with Crippen LogP contribution in [0.4, 0.5) is 5.69 Å². The minimum atomic E-state index is 0.407. The summed E-state index contributed by atoms with van der Waals surface area (Å²) in [4.78, 5) is 4.01. The van der Waals surface area contributed by atoms with Crippen molar-refractivity contribution >= 4 is 56.2 Å². The summed E-state index contributed by atoms with van der Waals surface area (Å²) in [7, 11) is 0. The van der Waals surface area contributed by atoms with Gasteiger partial charge in [0.2, 0.25) is 0 Å². The second-order valence-corrected chi connectivity index (χ2v) is 6.58. The zero-order valence-electron chi connectivity index (χ0n) is 8.93. The molecule has 17 heavy (non-hydrogen) atoms. The van der Waals surface area contributed by atoms with Crippen LogP contribution in [0.5, 0.6) is 0 Å². The van der Waals surface area contributed by atoms with Crippen molar-refractivity contribution in [2.75, 3.05) is 5.32 Å². The highest BCUT2D eigenvalue weighted by atomic mass is 79.9. The van der Waals surface area contributed by atoms with E-state index in [4.69, 9.17) is 23.2 Å². The van der Waals surface area contributed by atoms with E-state index in [0.717, 1.165) is 15.0 Å². The number of nitrogens with one attached hydrogen (secondary N) is 1. The maximum Gasteiger partial charge on any atom is 0.154 e. The van der Waals surface area contributed by atoms with Gasteiger partial charge in [-0.25, -0.2) is 4.98 Å². The van der Waals surface area contributed by atoms with Crippen LogP contribution in [0.3, 0.4) is 0 Å². The van der Waals surface area contributed by atoms with Crippen LogP contribution in [0.15, 0.2) is 21.3 Å². The van der Waals surface area contributed by atoms with Gasteiger partial charge in [-0.2, -0.15) is 0 Å².